The Morgan fingerprint density at radius 2 is 1.81 bits per heavy atom. The molecule has 6 nitrogen and oxygen atoms in total. The second-order valence-corrected chi connectivity index (χ2v) is 8.44. The molecule has 1 atom stereocenters. The molecular weight excluding hydrogens is 364 g/mol. The van der Waals surface area contributed by atoms with Crippen molar-refractivity contribution in [3.05, 3.63) is 59.2 Å². The number of nitrogens with one attached hydrogen (secondary N) is 1. The number of hydrogen-bond donors (Lipinski definition) is 2. The van der Waals surface area contributed by atoms with Gasteiger partial charge in [-0.25, -0.2) is 13.6 Å². The van der Waals surface area contributed by atoms with Gasteiger partial charge in [0.2, 0.25) is 10.0 Å². The van der Waals surface area contributed by atoms with Crippen LogP contribution in [0.1, 0.15) is 49.4 Å². The van der Waals surface area contributed by atoms with Crippen molar-refractivity contribution in [3.63, 3.8) is 0 Å². The van der Waals surface area contributed by atoms with Crippen molar-refractivity contribution >= 4 is 15.9 Å². The minimum absolute atomic E-state index is 0.0125. The van der Waals surface area contributed by atoms with Crippen molar-refractivity contribution in [2.24, 2.45) is 5.14 Å². The maximum Gasteiger partial charge on any atom is 0.258 e. The minimum atomic E-state index is -3.79. The van der Waals surface area contributed by atoms with E-state index in [2.05, 4.69) is 19.2 Å². The molecule has 146 valence electrons. The average Bonchev–Trinajstić information content (AvgIpc) is 2.60. The van der Waals surface area contributed by atoms with Crippen LogP contribution in [0, 0.1) is 6.92 Å². The fourth-order valence-corrected chi connectivity index (χ4v) is 3.17. The van der Waals surface area contributed by atoms with Crippen LogP contribution in [0.2, 0.25) is 0 Å². The van der Waals surface area contributed by atoms with Crippen LogP contribution in [0.4, 0.5) is 0 Å². The first kappa shape index (κ1) is 20.9. The highest BCUT2D eigenvalue weighted by Gasteiger charge is 2.14. The standard InChI is InChI=1S/C20H26N2O4S/c1-13(2)16-9-8-14(3)19(11-16)26-12-20(23)22-15(4)17-6-5-7-18(10-17)27(21,24)25/h5-11,13,15H,12H2,1-4H3,(H,22,23)(H2,21,24,25). The van der Waals surface area contributed by atoms with Crippen LogP contribution in [0.3, 0.4) is 0 Å². The van der Waals surface area contributed by atoms with Gasteiger partial charge >= 0.3 is 0 Å². The van der Waals surface area contributed by atoms with Crippen molar-refractivity contribution < 1.29 is 17.9 Å². The lowest BCUT2D eigenvalue weighted by Crippen LogP contribution is -2.31. The Kier molecular flexibility index (Phi) is 6.62. The summed E-state index contributed by atoms with van der Waals surface area (Å²) < 4.78 is 28.6. The number of amides is 1. The van der Waals surface area contributed by atoms with Crippen LogP contribution < -0.4 is 15.2 Å². The molecule has 0 bridgehead atoms. The van der Waals surface area contributed by atoms with Crippen molar-refractivity contribution in [3.8, 4) is 5.75 Å². The van der Waals surface area contributed by atoms with Crippen LogP contribution in [0.25, 0.3) is 0 Å². The smallest absolute Gasteiger partial charge is 0.258 e. The summed E-state index contributed by atoms with van der Waals surface area (Å²) in [6, 6.07) is 11.8. The quantitative estimate of drug-likeness (QED) is 0.759. The largest absolute Gasteiger partial charge is 0.483 e. The van der Waals surface area contributed by atoms with Crippen molar-refractivity contribution in [2.75, 3.05) is 6.61 Å². The lowest BCUT2D eigenvalue weighted by Gasteiger charge is -2.16. The van der Waals surface area contributed by atoms with Gasteiger partial charge in [0.1, 0.15) is 5.75 Å². The summed E-state index contributed by atoms with van der Waals surface area (Å²) >= 11 is 0. The molecule has 7 heteroatoms. The molecule has 0 fully saturated rings. The topological polar surface area (TPSA) is 98.5 Å². The second-order valence-electron chi connectivity index (χ2n) is 6.88. The summed E-state index contributed by atoms with van der Waals surface area (Å²) in [5.41, 5.74) is 2.75. The zero-order valence-electron chi connectivity index (χ0n) is 16.0. The van der Waals surface area contributed by atoms with E-state index in [4.69, 9.17) is 9.88 Å². The average molecular weight is 391 g/mol. The van der Waals surface area contributed by atoms with E-state index in [0.717, 1.165) is 11.1 Å². The first-order chi connectivity index (χ1) is 12.6. The molecule has 0 aliphatic carbocycles. The predicted molar refractivity (Wildman–Crippen MR) is 105 cm³/mol. The van der Waals surface area contributed by atoms with Gasteiger partial charge in [0.25, 0.3) is 5.91 Å². The summed E-state index contributed by atoms with van der Waals surface area (Å²) in [5.74, 6) is 0.756. The number of carbonyl (C=O) groups excluding carboxylic acids is 1. The number of rotatable bonds is 7. The van der Waals surface area contributed by atoms with Crippen LogP contribution in [0.15, 0.2) is 47.4 Å². The molecule has 2 aromatic carbocycles. The van der Waals surface area contributed by atoms with E-state index in [0.29, 0.717) is 17.2 Å². The molecule has 2 rings (SSSR count). The Labute approximate surface area is 160 Å². The highest BCUT2D eigenvalue weighted by molar-refractivity contribution is 7.89. The number of carbonyl (C=O) groups is 1. The molecule has 0 spiro atoms. The van der Waals surface area contributed by atoms with Crippen LogP contribution >= 0.6 is 0 Å². The monoisotopic (exact) mass is 390 g/mol. The molecule has 27 heavy (non-hydrogen) atoms. The number of sulfonamides is 1. The van der Waals surface area contributed by atoms with Gasteiger partial charge in [-0.2, -0.15) is 0 Å². The first-order valence-electron chi connectivity index (χ1n) is 8.73. The Morgan fingerprint density at radius 1 is 1.11 bits per heavy atom. The maximum atomic E-state index is 12.2. The van der Waals surface area contributed by atoms with E-state index < -0.39 is 10.0 Å². The number of benzene rings is 2. The highest BCUT2D eigenvalue weighted by Crippen LogP contribution is 2.24. The molecule has 2 aromatic rings. The number of aryl methyl sites for hydroxylation is 1. The number of primary sulfonamides is 1. The molecule has 0 aliphatic heterocycles. The SMILES string of the molecule is Cc1ccc(C(C)C)cc1OCC(=O)NC(C)c1cccc(S(N)(=O)=O)c1. The van der Waals surface area contributed by atoms with Gasteiger partial charge < -0.3 is 10.1 Å². The third-order valence-electron chi connectivity index (χ3n) is 4.30. The van der Waals surface area contributed by atoms with Gasteiger partial charge in [-0.3, -0.25) is 4.79 Å². The summed E-state index contributed by atoms with van der Waals surface area (Å²) in [6.45, 7) is 7.77. The zero-order chi connectivity index (χ0) is 20.2. The Balaban J connectivity index is 2.01. The Hall–Kier alpha value is -2.38. The van der Waals surface area contributed by atoms with E-state index in [1.807, 2.05) is 25.1 Å². The van der Waals surface area contributed by atoms with E-state index in [1.165, 1.54) is 12.1 Å². The lowest BCUT2D eigenvalue weighted by atomic mass is 10.0. The molecule has 0 heterocycles. The summed E-state index contributed by atoms with van der Waals surface area (Å²) in [4.78, 5) is 12.2. The number of nitrogens with two attached hydrogens (primary N) is 1. The molecule has 1 unspecified atom stereocenters. The molecule has 0 aliphatic rings. The zero-order valence-corrected chi connectivity index (χ0v) is 16.8. The Morgan fingerprint density at radius 3 is 2.44 bits per heavy atom. The van der Waals surface area contributed by atoms with Crippen LogP contribution in [0.5, 0.6) is 5.75 Å². The maximum absolute atomic E-state index is 12.2. The molecule has 0 saturated carbocycles. The normalized spacial score (nSPS) is 12.7. The fourth-order valence-electron chi connectivity index (χ4n) is 2.60. The molecular formula is C20H26N2O4S. The van der Waals surface area contributed by atoms with Gasteiger partial charge in [0.15, 0.2) is 6.61 Å². The summed E-state index contributed by atoms with van der Waals surface area (Å²) in [6.07, 6.45) is 0. The van der Waals surface area contributed by atoms with Gasteiger partial charge in [-0.1, -0.05) is 38.1 Å². The number of hydrogen-bond acceptors (Lipinski definition) is 4. The van der Waals surface area contributed by atoms with Crippen molar-refractivity contribution in [2.45, 2.75) is 44.6 Å². The fraction of sp³-hybridized carbons (Fsp3) is 0.350. The summed E-state index contributed by atoms with van der Waals surface area (Å²) in [7, 11) is -3.79. The minimum Gasteiger partial charge on any atom is -0.483 e. The van der Waals surface area contributed by atoms with Crippen LogP contribution in [-0.2, 0) is 14.8 Å². The highest BCUT2D eigenvalue weighted by atomic mass is 32.2. The third-order valence-corrected chi connectivity index (χ3v) is 5.21. The first-order valence-corrected chi connectivity index (χ1v) is 10.3. The van der Waals surface area contributed by atoms with Gasteiger partial charge in [-0.05, 0) is 54.7 Å². The predicted octanol–water partition coefficient (Wildman–Crippen LogP) is 3.02. The van der Waals surface area contributed by atoms with Crippen LogP contribution in [-0.4, -0.2) is 20.9 Å². The van der Waals surface area contributed by atoms with E-state index in [1.54, 1.807) is 19.1 Å². The van der Waals surface area contributed by atoms with Gasteiger partial charge in [0.05, 0.1) is 10.9 Å². The molecule has 3 N–H and O–H groups in total. The van der Waals surface area contributed by atoms with E-state index in [9.17, 15) is 13.2 Å². The van der Waals surface area contributed by atoms with Gasteiger partial charge in [-0.15, -0.1) is 0 Å². The summed E-state index contributed by atoms with van der Waals surface area (Å²) in [5, 5.41) is 7.95. The van der Waals surface area contributed by atoms with Crippen molar-refractivity contribution in [1.29, 1.82) is 0 Å². The molecule has 0 radical (unpaired) electrons. The van der Waals surface area contributed by atoms with E-state index >= 15 is 0 Å². The van der Waals surface area contributed by atoms with E-state index in [-0.39, 0.29) is 23.5 Å². The number of ether oxygens (including phenoxy) is 1. The third kappa shape index (κ3) is 5.80. The lowest BCUT2D eigenvalue weighted by molar-refractivity contribution is -0.123. The molecule has 0 saturated heterocycles. The molecule has 0 aromatic heterocycles. The molecule has 1 amide bonds. The second kappa shape index (κ2) is 8.54. The van der Waals surface area contributed by atoms with Gasteiger partial charge in [0, 0.05) is 0 Å². The Bertz CT molecular complexity index is 923. The van der Waals surface area contributed by atoms with Crippen molar-refractivity contribution in [1.82, 2.24) is 5.32 Å².